The first kappa shape index (κ1) is 12.9. The smallest absolute Gasteiger partial charge is 0.130 e. The van der Waals surface area contributed by atoms with Crippen LogP contribution in [0.3, 0.4) is 0 Å². The summed E-state index contributed by atoms with van der Waals surface area (Å²) in [7, 11) is 0. The number of nitrogens with zero attached hydrogens (tertiary/aromatic N) is 1. The Morgan fingerprint density at radius 3 is 2.61 bits per heavy atom. The van der Waals surface area contributed by atoms with Crippen LogP contribution in [0.2, 0.25) is 0 Å². The molecule has 1 aromatic carbocycles. The lowest BCUT2D eigenvalue weighted by Crippen LogP contribution is -2.36. The van der Waals surface area contributed by atoms with E-state index >= 15 is 0 Å². The minimum absolute atomic E-state index is 0.00134. The molecule has 0 amide bonds. The van der Waals surface area contributed by atoms with E-state index in [2.05, 4.69) is 19.9 Å². The summed E-state index contributed by atoms with van der Waals surface area (Å²) in [4.78, 5) is 0. The highest BCUT2D eigenvalue weighted by molar-refractivity contribution is 5.36. The van der Waals surface area contributed by atoms with Crippen molar-refractivity contribution in [1.29, 1.82) is 5.26 Å². The van der Waals surface area contributed by atoms with Crippen molar-refractivity contribution in [2.24, 2.45) is 0 Å². The Bertz CT molecular complexity index is 486. The molecule has 1 aliphatic heterocycles. The average molecular weight is 245 g/mol. The molecule has 0 bridgehead atoms. The van der Waals surface area contributed by atoms with E-state index in [9.17, 15) is 0 Å². The molecule has 1 atom stereocenters. The van der Waals surface area contributed by atoms with Gasteiger partial charge in [0.05, 0.1) is 17.2 Å². The third-order valence-corrected chi connectivity index (χ3v) is 3.23. The Hall–Kier alpha value is -1.53. The van der Waals surface area contributed by atoms with Gasteiger partial charge in [-0.25, -0.2) is 0 Å². The van der Waals surface area contributed by atoms with Crippen molar-refractivity contribution in [2.75, 3.05) is 0 Å². The fourth-order valence-corrected chi connectivity index (χ4v) is 2.50. The second-order valence-corrected chi connectivity index (χ2v) is 5.92. The summed E-state index contributed by atoms with van der Waals surface area (Å²) in [6.45, 7) is 8.23. The van der Waals surface area contributed by atoms with Gasteiger partial charge in [0.15, 0.2) is 0 Å². The number of ether oxygens (including phenoxy) is 2. The standard InChI is InChI=1S/C15H19NO2/c1-14(2)9-13(15(3,4)18-14)17-12-7-5-6-11(8-12)10-16/h5-8,13H,9H2,1-4H3. The first-order valence-electron chi connectivity index (χ1n) is 6.19. The Morgan fingerprint density at radius 2 is 2.06 bits per heavy atom. The Kier molecular flexibility index (Phi) is 3.08. The van der Waals surface area contributed by atoms with Crippen LogP contribution in [0.4, 0.5) is 0 Å². The van der Waals surface area contributed by atoms with Crippen molar-refractivity contribution in [3.05, 3.63) is 29.8 Å². The van der Waals surface area contributed by atoms with E-state index in [1.807, 2.05) is 26.0 Å². The van der Waals surface area contributed by atoms with E-state index in [0.29, 0.717) is 5.56 Å². The molecular formula is C15H19NO2. The maximum absolute atomic E-state index is 8.88. The predicted molar refractivity (Wildman–Crippen MR) is 69.4 cm³/mol. The van der Waals surface area contributed by atoms with E-state index < -0.39 is 0 Å². The lowest BCUT2D eigenvalue weighted by atomic mass is 9.97. The zero-order valence-electron chi connectivity index (χ0n) is 11.4. The molecule has 2 rings (SSSR count). The van der Waals surface area contributed by atoms with Crippen molar-refractivity contribution in [3.63, 3.8) is 0 Å². The number of nitriles is 1. The zero-order valence-corrected chi connectivity index (χ0v) is 11.4. The summed E-state index contributed by atoms with van der Waals surface area (Å²) in [5.41, 5.74) is 0.135. The molecule has 1 unspecified atom stereocenters. The van der Waals surface area contributed by atoms with Crippen molar-refractivity contribution in [1.82, 2.24) is 0 Å². The van der Waals surface area contributed by atoms with E-state index in [1.165, 1.54) is 0 Å². The molecule has 0 radical (unpaired) electrons. The van der Waals surface area contributed by atoms with Gasteiger partial charge < -0.3 is 9.47 Å². The molecular weight excluding hydrogens is 226 g/mol. The normalized spacial score (nSPS) is 24.5. The molecule has 3 heteroatoms. The highest BCUT2D eigenvalue weighted by Crippen LogP contribution is 2.39. The SMILES string of the molecule is CC1(C)CC(Oc2cccc(C#N)c2)C(C)(C)O1. The van der Waals surface area contributed by atoms with Gasteiger partial charge in [0, 0.05) is 6.42 Å². The third-order valence-electron chi connectivity index (χ3n) is 3.23. The van der Waals surface area contributed by atoms with Gasteiger partial charge in [0.25, 0.3) is 0 Å². The van der Waals surface area contributed by atoms with E-state index in [-0.39, 0.29) is 17.3 Å². The van der Waals surface area contributed by atoms with E-state index in [0.717, 1.165) is 12.2 Å². The molecule has 0 N–H and O–H groups in total. The molecule has 0 saturated carbocycles. The maximum atomic E-state index is 8.88. The molecule has 1 heterocycles. The van der Waals surface area contributed by atoms with Gasteiger partial charge in [-0.1, -0.05) is 6.07 Å². The topological polar surface area (TPSA) is 42.2 Å². The maximum Gasteiger partial charge on any atom is 0.130 e. The summed E-state index contributed by atoms with van der Waals surface area (Å²) in [5, 5.41) is 8.88. The molecule has 0 spiro atoms. The minimum atomic E-state index is -0.313. The molecule has 3 nitrogen and oxygen atoms in total. The lowest BCUT2D eigenvalue weighted by molar-refractivity contribution is -0.0846. The van der Waals surface area contributed by atoms with Gasteiger partial charge in [-0.2, -0.15) is 5.26 Å². The van der Waals surface area contributed by atoms with Crippen molar-refractivity contribution in [2.45, 2.75) is 51.4 Å². The summed E-state index contributed by atoms with van der Waals surface area (Å²) in [5.74, 6) is 0.730. The first-order valence-corrected chi connectivity index (χ1v) is 6.19. The van der Waals surface area contributed by atoms with Crippen molar-refractivity contribution < 1.29 is 9.47 Å². The van der Waals surface area contributed by atoms with Gasteiger partial charge in [0.2, 0.25) is 0 Å². The predicted octanol–water partition coefficient (Wildman–Crippen LogP) is 3.28. The van der Waals surface area contributed by atoms with Crippen LogP contribution >= 0.6 is 0 Å². The summed E-state index contributed by atoms with van der Waals surface area (Å²) in [6.07, 6.45) is 0.845. The fourth-order valence-electron chi connectivity index (χ4n) is 2.50. The van der Waals surface area contributed by atoms with Gasteiger partial charge in [-0.3, -0.25) is 0 Å². The van der Waals surface area contributed by atoms with Crippen LogP contribution in [0.1, 0.15) is 39.7 Å². The Balaban J connectivity index is 2.17. The van der Waals surface area contributed by atoms with Gasteiger partial charge in [-0.15, -0.1) is 0 Å². The summed E-state index contributed by atoms with van der Waals surface area (Å²) < 4.78 is 12.0. The van der Waals surface area contributed by atoms with Crippen molar-refractivity contribution >= 4 is 0 Å². The molecule has 18 heavy (non-hydrogen) atoms. The van der Waals surface area contributed by atoms with Crippen LogP contribution in [-0.4, -0.2) is 17.3 Å². The van der Waals surface area contributed by atoms with E-state index in [4.69, 9.17) is 14.7 Å². The number of benzene rings is 1. The van der Waals surface area contributed by atoms with Crippen LogP contribution < -0.4 is 4.74 Å². The minimum Gasteiger partial charge on any atom is -0.487 e. The molecule has 0 aliphatic carbocycles. The highest BCUT2D eigenvalue weighted by Gasteiger charge is 2.47. The molecule has 1 saturated heterocycles. The van der Waals surface area contributed by atoms with Gasteiger partial charge in [-0.05, 0) is 45.9 Å². The van der Waals surface area contributed by atoms with Crippen LogP contribution in [0, 0.1) is 11.3 Å². The van der Waals surface area contributed by atoms with Crippen LogP contribution in [0.15, 0.2) is 24.3 Å². The van der Waals surface area contributed by atoms with E-state index in [1.54, 1.807) is 12.1 Å². The molecule has 1 aliphatic rings. The molecule has 1 fully saturated rings. The quantitative estimate of drug-likeness (QED) is 0.803. The number of rotatable bonds is 2. The molecule has 0 aromatic heterocycles. The Morgan fingerprint density at radius 1 is 1.33 bits per heavy atom. The number of hydrogen-bond donors (Lipinski definition) is 0. The second kappa shape index (κ2) is 4.29. The van der Waals surface area contributed by atoms with Crippen LogP contribution in [0.5, 0.6) is 5.75 Å². The first-order chi connectivity index (χ1) is 8.32. The molecule has 1 aromatic rings. The average Bonchev–Trinajstić information content (AvgIpc) is 2.47. The molecule has 96 valence electrons. The summed E-state index contributed by atoms with van der Waals surface area (Å²) in [6, 6.07) is 9.37. The van der Waals surface area contributed by atoms with Crippen molar-refractivity contribution in [3.8, 4) is 11.8 Å². The highest BCUT2D eigenvalue weighted by atomic mass is 16.6. The third kappa shape index (κ3) is 2.65. The Labute approximate surface area is 108 Å². The largest absolute Gasteiger partial charge is 0.487 e. The van der Waals surface area contributed by atoms with Gasteiger partial charge >= 0.3 is 0 Å². The van der Waals surface area contributed by atoms with Gasteiger partial charge in [0.1, 0.15) is 17.5 Å². The monoisotopic (exact) mass is 245 g/mol. The van der Waals surface area contributed by atoms with Crippen LogP contribution in [-0.2, 0) is 4.74 Å². The second-order valence-electron chi connectivity index (χ2n) is 5.92. The number of hydrogen-bond acceptors (Lipinski definition) is 3. The fraction of sp³-hybridized carbons (Fsp3) is 0.533. The lowest BCUT2D eigenvalue weighted by Gasteiger charge is -2.27. The van der Waals surface area contributed by atoms with Crippen LogP contribution in [0.25, 0.3) is 0 Å². The summed E-state index contributed by atoms with van der Waals surface area (Å²) >= 11 is 0. The zero-order chi connectivity index (χ0) is 13.4.